The summed E-state index contributed by atoms with van der Waals surface area (Å²) in [6.45, 7) is 0. The van der Waals surface area contributed by atoms with E-state index in [0.29, 0.717) is 20.9 Å². The molecule has 1 heterocycles. The van der Waals surface area contributed by atoms with Gasteiger partial charge >= 0.3 is 5.97 Å². The Morgan fingerprint density at radius 1 is 1.39 bits per heavy atom. The fraction of sp³-hybridized carbons (Fsp3) is 0.100. The van der Waals surface area contributed by atoms with Gasteiger partial charge in [0.1, 0.15) is 6.33 Å². The summed E-state index contributed by atoms with van der Waals surface area (Å²) in [5, 5.41) is 17.5. The first kappa shape index (κ1) is 13.2. The van der Waals surface area contributed by atoms with Crippen LogP contribution in [-0.2, 0) is 4.79 Å². The van der Waals surface area contributed by atoms with E-state index in [4.69, 9.17) is 28.3 Å². The van der Waals surface area contributed by atoms with Crippen molar-refractivity contribution in [1.82, 2.24) is 14.8 Å². The molecular weight excluding hydrogens is 297 g/mol. The molecule has 2 rings (SSSR count). The van der Waals surface area contributed by atoms with Crippen LogP contribution in [0.1, 0.15) is 0 Å². The van der Waals surface area contributed by atoms with Crippen molar-refractivity contribution in [2.75, 3.05) is 5.75 Å². The number of nitrogens with zero attached hydrogens (tertiary/aromatic N) is 3. The lowest BCUT2D eigenvalue weighted by Crippen LogP contribution is -2.02. The maximum absolute atomic E-state index is 10.5. The molecule has 0 unspecified atom stereocenters. The average Bonchev–Trinajstić information content (AvgIpc) is 2.74. The smallest absolute Gasteiger partial charge is 0.313 e. The average molecular weight is 304 g/mol. The molecule has 0 aliphatic carbocycles. The molecule has 2 aromatic rings. The van der Waals surface area contributed by atoms with E-state index in [0.717, 1.165) is 11.8 Å². The predicted octanol–water partition coefficient (Wildman–Crippen LogP) is 2.75. The van der Waals surface area contributed by atoms with Crippen molar-refractivity contribution in [2.24, 2.45) is 0 Å². The van der Waals surface area contributed by atoms with Crippen LogP contribution in [0.15, 0.2) is 29.7 Å². The number of hydrogen-bond donors (Lipinski definition) is 1. The van der Waals surface area contributed by atoms with E-state index < -0.39 is 5.97 Å². The van der Waals surface area contributed by atoms with Crippen molar-refractivity contribution < 1.29 is 9.90 Å². The second kappa shape index (κ2) is 5.60. The van der Waals surface area contributed by atoms with Gasteiger partial charge in [-0.1, -0.05) is 41.0 Å². The Hall–Kier alpha value is -1.24. The van der Waals surface area contributed by atoms with Gasteiger partial charge in [-0.05, 0) is 12.1 Å². The van der Waals surface area contributed by atoms with Gasteiger partial charge in [0.2, 0.25) is 0 Å². The summed E-state index contributed by atoms with van der Waals surface area (Å²) in [7, 11) is 0. The van der Waals surface area contributed by atoms with Crippen molar-refractivity contribution in [3.8, 4) is 5.69 Å². The third-order valence-electron chi connectivity index (χ3n) is 2.02. The van der Waals surface area contributed by atoms with Gasteiger partial charge in [-0.3, -0.25) is 9.36 Å². The van der Waals surface area contributed by atoms with Gasteiger partial charge in [-0.15, -0.1) is 10.2 Å². The van der Waals surface area contributed by atoms with Crippen molar-refractivity contribution in [2.45, 2.75) is 5.16 Å². The van der Waals surface area contributed by atoms with Crippen LogP contribution in [0.3, 0.4) is 0 Å². The van der Waals surface area contributed by atoms with Crippen LogP contribution < -0.4 is 0 Å². The lowest BCUT2D eigenvalue weighted by molar-refractivity contribution is -0.133. The van der Waals surface area contributed by atoms with Gasteiger partial charge in [-0.25, -0.2) is 0 Å². The van der Waals surface area contributed by atoms with Crippen molar-refractivity contribution in [3.63, 3.8) is 0 Å². The predicted molar refractivity (Wildman–Crippen MR) is 69.7 cm³/mol. The third-order valence-corrected chi connectivity index (χ3v) is 3.56. The first-order valence-electron chi connectivity index (χ1n) is 4.78. The molecule has 0 bridgehead atoms. The molecule has 0 aliphatic rings. The summed E-state index contributed by atoms with van der Waals surface area (Å²) in [5.74, 6) is -1.04. The lowest BCUT2D eigenvalue weighted by atomic mass is 10.3. The molecule has 0 aliphatic heterocycles. The SMILES string of the molecule is O=C(O)CSc1nncn1-c1c(Cl)cccc1Cl. The van der Waals surface area contributed by atoms with Crippen LogP contribution in [0.2, 0.25) is 10.0 Å². The van der Waals surface area contributed by atoms with Gasteiger partial charge in [0.05, 0.1) is 21.5 Å². The Morgan fingerprint density at radius 3 is 2.67 bits per heavy atom. The number of carboxylic acids is 1. The van der Waals surface area contributed by atoms with Crippen molar-refractivity contribution in [3.05, 3.63) is 34.6 Å². The third kappa shape index (κ3) is 2.77. The van der Waals surface area contributed by atoms with Crippen LogP contribution >= 0.6 is 35.0 Å². The molecule has 18 heavy (non-hydrogen) atoms. The molecule has 94 valence electrons. The van der Waals surface area contributed by atoms with Crippen LogP contribution in [0.5, 0.6) is 0 Å². The molecular formula is C10H7Cl2N3O2S. The topological polar surface area (TPSA) is 68.0 Å². The summed E-state index contributed by atoms with van der Waals surface area (Å²) in [4.78, 5) is 10.5. The van der Waals surface area contributed by atoms with E-state index in [9.17, 15) is 4.79 Å². The maximum Gasteiger partial charge on any atom is 0.313 e. The van der Waals surface area contributed by atoms with Gasteiger partial charge in [0.25, 0.3) is 0 Å². The van der Waals surface area contributed by atoms with Crippen molar-refractivity contribution >= 4 is 40.9 Å². The summed E-state index contributed by atoms with van der Waals surface area (Å²) < 4.78 is 1.57. The Balaban J connectivity index is 2.39. The van der Waals surface area contributed by atoms with E-state index in [2.05, 4.69) is 10.2 Å². The quantitative estimate of drug-likeness (QED) is 0.880. The number of halogens is 2. The van der Waals surface area contributed by atoms with E-state index in [1.54, 1.807) is 22.8 Å². The van der Waals surface area contributed by atoms with Crippen LogP contribution in [0.4, 0.5) is 0 Å². The van der Waals surface area contributed by atoms with Gasteiger partial charge in [-0.2, -0.15) is 0 Å². The molecule has 1 aromatic heterocycles. The molecule has 0 spiro atoms. The molecule has 8 heteroatoms. The standard InChI is InChI=1S/C10H7Cl2N3O2S/c11-6-2-1-3-7(12)9(6)15-5-13-14-10(15)18-4-8(16)17/h1-3,5H,4H2,(H,16,17). The Kier molecular flexibility index (Phi) is 4.11. The molecule has 0 saturated heterocycles. The van der Waals surface area contributed by atoms with Gasteiger partial charge < -0.3 is 5.11 Å². The van der Waals surface area contributed by atoms with Gasteiger partial charge in [0.15, 0.2) is 5.16 Å². The number of thioether (sulfide) groups is 1. The minimum absolute atomic E-state index is 0.110. The molecule has 0 saturated carbocycles. The molecule has 1 N–H and O–H groups in total. The number of hydrogen-bond acceptors (Lipinski definition) is 4. The minimum atomic E-state index is -0.931. The fourth-order valence-corrected chi connectivity index (χ4v) is 2.54. The zero-order valence-electron chi connectivity index (χ0n) is 8.88. The molecule has 0 amide bonds. The lowest BCUT2D eigenvalue weighted by Gasteiger charge is -2.09. The largest absolute Gasteiger partial charge is 0.481 e. The summed E-state index contributed by atoms with van der Waals surface area (Å²) >= 11 is 13.2. The Bertz CT molecular complexity index is 568. The highest BCUT2D eigenvalue weighted by molar-refractivity contribution is 7.99. The second-order valence-corrected chi connectivity index (χ2v) is 4.99. The Labute approximate surface area is 117 Å². The fourth-order valence-electron chi connectivity index (χ4n) is 1.32. The molecule has 5 nitrogen and oxygen atoms in total. The first-order chi connectivity index (χ1) is 8.59. The highest BCUT2D eigenvalue weighted by Gasteiger charge is 2.14. The maximum atomic E-state index is 10.5. The van der Waals surface area contributed by atoms with Crippen molar-refractivity contribution in [1.29, 1.82) is 0 Å². The van der Waals surface area contributed by atoms with E-state index in [1.165, 1.54) is 6.33 Å². The summed E-state index contributed by atoms with van der Waals surface area (Å²) in [6, 6.07) is 5.10. The number of carboxylic acid groups (broad SMARTS) is 1. The van der Waals surface area contributed by atoms with Crippen LogP contribution in [-0.4, -0.2) is 31.6 Å². The number of carbonyl (C=O) groups is 1. The van der Waals surface area contributed by atoms with E-state index in [-0.39, 0.29) is 5.75 Å². The normalized spacial score (nSPS) is 10.6. The second-order valence-electron chi connectivity index (χ2n) is 3.24. The number of benzene rings is 1. The zero-order chi connectivity index (χ0) is 13.1. The first-order valence-corrected chi connectivity index (χ1v) is 6.52. The van der Waals surface area contributed by atoms with Crippen LogP contribution in [0, 0.1) is 0 Å². The van der Waals surface area contributed by atoms with Crippen LogP contribution in [0.25, 0.3) is 5.69 Å². The van der Waals surface area contributed by atoms with Gasteiger partial charge in [0, 0.05) is 0 Å². The number of aromatic nitrogens is 3. The minimum Gasteiger partial charge on any atom is -0.481 e. The highest BCUT2D eigenvalue weighted by atomic mass is 35.5. The zero-order valence-corrected chi connectivity index (χ0v) is 11.2. The number of rotatable bonds is 4. The monoisotopic (exact) mass is 303 g/mol. The number of aliphatic carboxylic acids is 1. The summed E-state index contributed by atoms with van der Waals surface area (Å²) in [6.07, 6.45) is 1.44. The molecule has 1 aromatic carbocycles. The number of para-hydroxylation sites is 1. The van der Waals surface area contributed by atoms with E-state index >= 15 is 0 Å². The highest BCUT2D eigenvalue weighted by Crippen LogP contribution is 2.31. The molecule has 0 radical (unpaired) electrons. The van der Waals surface area contributed by atoms with E-state index in [1.807, 2.05) is 0 Å². The molecule has 0 atom stereocenters. The Morgan fingerprint density at radius 2 is 2.06 bits per heavy atom. The summed E-state index contributed by atoms with van der Waals surface area (Å²) in [5.41, 5.74) is 0.540. The molecule has 0 fully saturated rings.